The Hall–Kier alpha value is -2.47. The molecule has 0 bridgehead atoms. The summed E-state index contributed by atoms with van der Waals surface area (Å²) in [5.41, 5.74) is 2.84. The van der Waals surface area contributed by atoms with Gasteiger partial charge in [-0.2, -0.15) is 0 Å². The second kappa shape index (κ2) is 7.03. The van der Waals surface area contributed by atoms with Gasteiger partial charge in [0.2, 0.25) is 5.91 Å². The Morgan fingerprint density at radius 2 is 2.04 bits per heavy atom. The van der Waals surface area contributed by atoms with Crippen LogP contribution in [0.2, 0.25) is 0 Å². The maximum atomic E-state index is 12.4. The summed E-state index contributed by atoms with van der Waals surface area (Å²) in [5, 5.41) is 4.58. The molecule has 1 N–H and O–H groups in total. The highest BCUT2D eigenvalue weighted by Crippen LogP contribution is 2.29. The quantitative estimate of drug-likeness (QED) is 0.687. The van der Waals surface area contributed by atoms with Gasteiger partial charge >= 0.3 is 0 Å². The normalized spacial score (nSPS) is 13.6. The van der Waals surface area contributed by atoms with Gasteiger partial charge in [-0.3, -0.25) is 9.59 Å². The third-order valence-corrected chi connectivity index (χ3v) is 5.91. The van der Waals surface area contributed by atoms with E-state index in [2.05, 4.69) is 10.3 Å². The smallest absolute Gasteiger partial charge is 0.227 e. The van der Waals surface area contributed by atoms with Crippen molar-refractivity contribution in [3.63, 3.8) is 0 Å². The Morgan fingerprint density at radius 1 is 1.23 bits per heavy atom. The van der Waals surface area contributed by atoms with Crippen LogP contribution >= 0.6 is 11.3 Å². The number of para-hydroxylation sites is 1. The molecule has 0 spiro atoms. The first-order valence-electron chi connectivity index (χ1n) is 8.99. The van der Waals surface area contributed by atoms with Gasteiger partial charge in [-0.25, -0.2) is 4.98 Å². The van der Waals surface area contributed by atoms with E-state index >= 15 is 0 Å². The Balaban J connectivity index is 1.45. The van der Waals surface area contributed by atoms with Gasteiger partial charge in [-0.1, -0.05) is 18.2 Å². The number of hydrogen-bond acceptors (Lipinski definition) is 4. The molecule has 1 amide bonds. The highest BCUT2D eigenvalue weighted by atomic mass is 32.1. The third kappa shape index (κ3) is 3.29. The van der Waals surface area contributed by atoms with E-state index in [1.165, 1.54) is 17.7 Å². The lowest BCUT2D eigenvalue weighted by Gasteiger charge is -2.06. The number of ketones is 1. The average Bonchev–Trinajstić information content (AvgIpc) is 3.20. The van der Waals surface area contributed by atoms with Crippen molar-refractivity contribution in [2.45, 2.75) is 45.6 Å². The number of Topliss-reactive ketones (excluding diaryl/α,β-unsaturated/α-hetero) is 1. The highest BCUT2D eigenvalue weighted by Gasteiger charge is 2.17. The summed E-state index contributed by atoms with van der Waals surface area (Å²) in [6.45, 7) is 2.10. The standard InChI is InChI=1S/C20H21N3O2S/c1-13(24)15-12-23(17-8-4-2-6-14(15)17)11-10-19(25)22-20-21-16-7-3-5-9-18(16)26-20/h2,4,6,8,12H,3,5,7,9-11H2,1H3,(H,21,22,25). The fraction of sp³-hybridized carbons (Fsp3) is 0.350. The lowest BCUT2D eigenvalue weighted by atomic mass is 10.0. The van der Waals surface area contributed by atoms with Crippen molar-refractivity contribution in [1.29, 1.82) is 0 Å². The van der Waals surface area contributed by atoms with Crippen molar-refractivity contribution >= 4 is 39.1 Å². The third-order valence-electron chi connectivity index (χ3n) is 4.84. The molecule has 1 aliphatic carbocycles. The molecule has 134 valence electrons. The van der Waals surface area contributed by atoms with Crippen LogP contribution < -0.4 is 5.32 Å². The lowest BCUT2D eigenvalue weighted by molar-refractivity contribution is -0.116. The number of anilines is 1. The maximum absolute atomic E-state index is 12.4. The first-order chi connectivity index (χ1) is 12.6. The summed E-state index contributed by atoms with van der Waals surface area (Å²) in [5.74, 6) is -0.00368. The number of benzene rings is 1. The van der Waals surface area contributed by atoms with E-state index in [4.69, 9.17) is 0 Å². The molecule has 3 aromatic rings. The molecule has 0 aliphatic heterocycles. The van der Waals surface area contributed by atoms with Crippen LogP contribution in [0.4, 0.5) is 5.13 Å². The number of fused-ring (bicyclic) bond motifs is 2. The molecule has 0 unspecified atom stereocenters. The first kappa shape index (κ1) is 17.0. The van der Waals surface area contributed by atoms with Crippen LogP contribution in [0, 0.1) is 0 Å². The molecule has 0 atom stereocenters. The number of aromatic nitrogens is 2. The van der Waals surface area contributed by atoms with Crippen LogP contribution in [-0.4, -0.2) is 21.2 Å². The molecule has 0 radical (unpaired) electrons. The molecular formula is C20H21N3O2S. The molecule has 2 aromatic heterocycles. The van der Waals surface area contributed by atoms with Gasteiger partial charge in [-0.15, -0.1) is 11.3 Å². The zero-order chi connectivity index (χ0) is 18.1. The number of hydrogen-bond donors (Lipinski definition) is 1. The topological polar surface area (TPSA) is 64.0 Å². The molecule has 0 fully saturated rings. The van der Waals surface area contributed by atoms with Crippen LogP contribution in [0.15, 0.2) is 30.5 Å². The Morgan fingerprint density at radius 3 is 2.85 bits per heavy atom. The number of rotatable bonds is 5. The van der Waals surface area contributed by atoms with E-state index in [0.29, 0.717) is 23.7 Å². The molecule has 5 nitrogen and oxygen atoms in total. The van der Waals surface area contributed by atoms with Crippen LogP contribution in [-0.2, 0) is 24.2 Å². The molecule has 2 heterocycles. The largest absolute Gasteiger partial charge is 0.346 e. The average molecular weight is 367 g/mol. The Labute approximate surface area is 156 Å². The van der Waals surface area contributed by atoms with Gasteiger partial charge in [0.05, 0.1) is 5.69 Å². The van der Waals surface area contributed by atoms with Crippen LogP contribution in [0.3, 0.4) is 0 Å². The fourth-order valence-corrected chi connectivity index (χ4v) is 4.59. The molecule has 0 saturated carbocycles. The van der Waals surface area contributed by atoms with Gasteiger partial charge in [0, 0.05) is 40.5 Å². The number of nitrogens with zero attached hydrogens (tertiary/aromatic N) is 2. The number of amides is 1. The zero-order valence-electron chi connectivity index (χ0n) is 14.7. The lowest BCUT2D eigenvalue weighted by Crippen LogP contribution is -2.14. The van der Waals surface area contributed by atoms with E-state index in [-0.39, 0.29) is 11.7 Å². The van der Waals surface area contributed by atoms with Crippen molar-refractivity contribution in [2.24, 2.45) is 0 Å². The number of aryl methyl sites for hydroxylation is 3. The van der Waals surface area contributed by atoms with E-state index in [9.17, 15) is 9.59 Å². The van der Waals surface area contributed by atoms with Crippen LogP contribution in [0.25, 0.3) is 10.9 Å². The van der Waals surface area contributed by atoms with E-state index in [0.717, 1.165) is 29.4 Å². The van der Waals surface area contributed by atoms with Gasteiger partial charge in [0.15, 0.2) is 10.9 Å². The predicted molar refractivity (Wildman–Crippen MR) is 104 cm³/mol. The van der Waals surface area contributed by atoms with E-state index in [1.807, 2.05) is 35.0 Å². The molecule has 1 aromatic carbocycles. The minimum atomic E-state index is -0.0433. The fourth-order valence-electron chi connectivity index (χ4n) is 3.52. The number of thiazole rings is 1. The molecule has 0 saturated heterocycles. The minimum Gasteiger partial charge on any atom is -0.346 e. The molecular weight excluding hydrogens is 346 g/mol. The SMILES string of the molecule is CC(=O)c1cn(CCC(=O)Nc2nc3c(s2)CCCC3)c2ccccc12. The summed E-state index contributed by atoms with van der Waals surface area (Å²) < 4.78 is 1.98. The van der Waals surface area contributed by atoms with Crippen molar-refractivity contribution in [2.75, 3.05) is 5.32 Å². The molecule has 26 heavy (non-hydrogen) atoms. The second-order valence-corrected chi connectivity index (χ2v) is 7.79. The summed E-state index contributed by atoms with van der Waals surface area (Å²) in [6.07, 6.45) is 6.69. The van der Waals surface area contributed by atoms with Crippen molar-refractivity contribution < 1.29 is 9.59 Å². The van der Waals surface area contributed by atoms with Gasteiger partial charge < -0.3 is 9.88 Å². The van der Waals surface area contributed by atoms with Gasteiger partial charge in [-0.05, 0) is 38.7 Å². The second-order valence-electron chi connectivity index (χ2n) is 6.70. The van der Waals surface area contributed by atoms with Crippen LogP contribution in [0.1, 0.15) is 47.1 Å². The molecule has 1 aliphatic rings. The maximum Gasteiger partial charge on any atom is 0.227 e. The summed E-state index contributed by atoms with van der Waals surface area (Å²) >= 11 is 1.60. The summed E-state index contributed by atoms with van der Waals surface area (Å²) in [6, 6.07) is 7.80. The predicted octanol–water partition coefficient (Wildman–Crippen LogP) is 4.21. The van der Waals surface area contributed by atoms with Crippen LogP contribution in [0.5, 0.6) is 0 Å². The zero-order valence-corrected chi connectivity index (χ0v) is 15.6. The summed E-state index contributed by atoms with van der Waals surface area (Å²) in [4.78, 5) is 30.1. The van der Waals surface area contributed by atoms with Crippen molar-refractivity contribution in [3.8, 4) is 0 Å². The van der Waals surface area contributed by atoms with Crippen molar-refractivity contribution in [1.82, 2.24) is 9.55 Å². The van der Waals surface area contributed by atoms with Crippen molar-refractivity contribution in [3.05, 3.63) is 46.6 Å². The van der Waals surface area contributed by atoms with E-state index < -0.39 is 0 Å². The number of carbonyl (C=O) groups excluding carboxylic acids is 2. The molecule has 6 heteroatoms. The Kier molecular flexibility index (Phi) is 4.59. The summed E-state index contributed by atoms with van der Waals surface area (Å²) in [7, 11) is 0. The number of carbonyl (C=O) groups is 2. The molecule has 4 rings (SSSR count). The van der Waals surface area contributed by atoms with Gasteiger partial charge in [0.25, 0.3) is 0 Å². The highest BCUT2D eigenvalue weighted by molar-refractivity contribution is 7.15. The first-order valence-corrected chi connectivity index (χ1v) is 9.80. The monoisotopic (exact) mass is 367 g/mol. The van der Waals surface area contributed by atoms with Gasteiger partial charge in [0.1, 0.15) is 0 Å². The van der Waals surface area contributed by atoms with E-state index in [1.54, 1.807) is 18.3 Å². The Bertz CT molecular complexity index is 963. The number of nitrogens with one attached hydrogen (secondary N) is 1. The minimum absolute atomic E-state index is 0.0396.